The van der Waals surface area contributed by atoms with Crippen molar-refractivity contribution in [3.8, 4) is 0 Å². The molecule has 0 bridgehead atoms. The van der Waals surface area contributed by atoms with Gasteiger partial charge in [-0.1, -0.05) is 18.0 Å². The van der Waals surface area contributed by atoms with Crippen molar-refractivity contribution in [3.05, 3.63) is 23.4 Å². The number of hydrogen-bond acceptors (Lipinski definition) is 6. The van der Waals surface area contributed by atoms with Crippen LogP contribution >= 0.6 is 11.6 Å². The molecule has 1 fully saturated rings. The minimum Gasteiger partial charge on any atom is -0.442 e. The molecule has 1 heterocycles. The quantitative estimate of drug-likeness (QED) is 0.520. The predicted octanol–water partition coefficient (Wildman–Crippen LogP) is 2.59. The Balaban J connectivity index is 2.16. The second-order valence-electron chi connectivity index (χ2n) is 8.86. The smallest absolute Gasteiger partial charge is 0.429 e. The Morgan fingerprint density at radius 3 is 2.38 bits per heavy atom. The van der Waals surface area contributed by atoms with Crippen molar-refractivity contribution in [1.82, 2.24) is 20.3 Å². The molecule has 1 saturated carbocycles. The summed E-state index contributed by atoms with van der Waals surface area (Å²) in [6, 6.07) is 2.45. The van der Waals surface area contributed by atoms with Gasteiger partial charge in [0.05, 0.1) is 11.1 Å². The molecule has 1 aliphatic rings. The number of hydrogen-bond donors (Lipinski definition) is 2. The van der Waals surface area contributed by atoms with Crippen LogP contribution in [0.2, 0.25) is 5.02 Å². The second kappa shape index (κ2) is 10.6. The fraction of sp³-hybridized carbons (Fsp3) is 0.571. The van der Waals surface area contributed by atoms with Crippen molar-refractivity contribution < 1.29 is 23.9 Å². The Bertz CT molecular complexity index is 853. The van der Waals surface area contributed by atoms with Gasteiger partial charge in [0.25, 0.3) is 0 Å². The molecule has 2 N–H and O–H groups in total. The van der Waals surface area contributed by atoms with E-state index in [2.05, 4.69) is 15.7 Å². The fourth-order valence-electron chi connectivity index (χ4n) is 3.37. The summed E-state index contributed by atoms with van der Waals surface area (Å²) in [6.45, 7) is 5.09. The predicted molar refractivity (Wildman–Crippen MR) is 119 cm³/mol. The van der Waals surface area contributed by atoms with Gasteiger partial charge < -0.3 is 15.0 Å². The van der Waals surface area contributed by atoms with Crippen molar-refractivity contribution in [2.75, 3.05) is 19.4 Å². The van der Waals surface area contributed by atoms with E-state index in [1.165, 1.54) is 23.2 Å². The maximum absolute atomic E-state index is 12.9. The zero-order valence-corrected chi connectivity index (χ0v) is 19.7. The zero-order chi connectivity index (χ0) is 24.1. The summed E-state index contributed by atoms with van der Waals surface area (Å²) in [4.78, 5) is 55.6. The largest absolute Gasteiger partial charge is 0.442 e. The number of nitrogens with one attached hydrogen (secondary N) is 2. The molecule has 176 valence electrons. The van der Waals surface area contributed by atoms with Crippen molar-refractivity contribution in [2.24, 2.45) is 5.92 Å². The van der Waals surface area contributed by atoms with Gasteiger partial charge in [0.1, 0.15) is 11.4 Å². The lowest BCUT2D eigenvalue weighted by molar-refractivity contribution is -0.141. The molecule has 2 rings (SSSR count). The van der Waals surface area contributed by atoms with Gasteiger partial charge in [-0.2, -0.15) is 0 Å². The first-order chi connectivity index (χ1) is 14.9. The maximum atomic E-state index is 12.9. The van der Waals surface area contributed by atoms with Crippen LogP contribution in [0.15, 0.2) is 18.3 Å². The summed E-state index contributed by atoms with van der Waals surface area (Å²) < 4.78 is 5.43. The molecule has 10 nitrogen and oxygen atoms in total. The fourth-order valence-corrected chi connectivity index (χ4v) is 3.48. The molecular weight excluding hydrogens is 438 g/mol. The molecule has 1 aromatic heterocycles. The third-order valence-electron chi connectivity index (χ3n) is 4.79. The SMILES string of the molecule is CN(C)C(=O)[C@@H]1CCCC(N(NC(=O)C(=O)Nc2ccc(Cl)cn2)C(=O)OC(C)(C)C)C1. The lowest BCUT2D eigenvalue weighted by atomic mass is 9.84. The van der Waals surface area contributed by atoms with E-state index in [0.717, 1.165) is 5.01 Å². The highest BCUT2D eigenvalue weighted by Crippen LogP contribution is 2.29. The summed E-state index contributed by atoms with van der Waals surface area (Å²) in [5.41, 5.74) is 1.54. The Morgan fingerprint density at radius 1 is 1.12 bits per heavy atom. The van der Waals surface area contributed by atoms with Crippen molar-refractivity contribution in [2.45, 2.75) is 58.1 Å². The number of aromatic nitrogens is 1. The summed E-state index contributed by atoms with van der Waals surface area (Å²) in [5.74, 6) is -2.28. The number of ether oxygens (including phenoxy) is 1. The molecule has 0 saturated heterocycles. The van der Waals surface area contributed by atoms with Crippen molar-refractivity contribution >= 4 is 41.2 Å². The monoisotopic (exact) mass is 467 g/mol. The van der Waals surface area contributed by atoms with Gasteiger partial charge in [-0.15, -0.1) is 0 Å². The zero-order valence-electron chi connectivity index (χ0n) is 19.0. The van der Waals surface area contributed by atoms with E-state index in [-0.39, 0.29) is 17.6 Å². The molecule has 0 aliphatic heterocycles. The van der Waals surface area contributed by atoms with E-state index in [0.29, 0.717) is 30.7 Å². The first-order valence-corrected chi connectivity index (χ1v) is 10.7. The van der Waals surface area contributed by atoms with Crippen LogP contribution in [0.4, 0.5) is 10.6 Å². The van der Waals surface area contributed by atoms with E-state index in [1.807, 2.05) is 0 Å². The van der Waals surface area contributed by atoms with E-state index >= 15 is 0 Å². The Labute approximate surface area is 192 Å². The van der Waals surface area contributed by atoms with Crippen LogP contribution in [0.5, 0.6) is 0 Å². The number of rotatable bonds is 3. The molecule has 0 spiro atoms. The standard InChI is InChI=1S/C21H30ClN5O5/c1-21(2,3)32-20(31)27(15-8-6-7-13(11-15)19(30)26(4)5)25-18(29)17(28)24-16-10-9-14(22)12-23-16/h9-10,12-13,15H,6-8,11H2,1-5H3,(H,25,29)(H,23,24,28)/t13-,15?/m1/s1. The Hall–Kier alpha value is -2.88. The van der Waals surface area contributed by atoms with Gasteiger partial charge in [0, 0.05) is 26.2 Å². The molecular formula is C21H30ClN5O5. The van der Waals surface area contributed by atoms with Crippen LogP contribution in [-0.2, 0) is 19.1 Å². The van der Waals surface area contributed by atoms with Gasteiger partial charge in [0.15, 0.2) is 0 Å². The van der Waals surface area contributed by atoms with Crippen LogP contribution in [-0.4, -0.2) is 64.4 Å². The van der Waals surface area contributed by atoms with Gasteiger partial charge >= 0.3 is 17.9 Å². The molecule has 0 radical (unpaired) electrons. The second-order valence-corrected chi connectivity index (χ2v) is 9.29. The number of hydrazine groups is 1. The third kappa shape index (κ3) is 7.37. The molecule has 11 heteroatoms. The summed E-state index contributed by atoms with van der Waals surface area (Å²) in [6.07, 6.45) is 2.79. The highest BCUT2D eigenvalue weighted by Gasteiger charge is 2.37. The highest BCUT2D eigenvalue weighted by molar-refractivity contribution is 6.39. The average molecular weight is 468 g/mol. The highest BCUT2D eigenvalue weighted by atomic mass is 35.5. The molecule has 0 aromatic carbocycles. The summed E-state index contributed by atoms with van der Waals surface area (Å²) in [5, 5.41) is 3.75. The number of carbonyl (C=O) groups is 4. The maximum Gasteiger partial charge on any atom is 0.429 e. The lowest BCUT2D eigenvalue weighted by Crippen LogP contribution is -2.57. The normalized spacial score (nSPS) is 18.3. The Kier molecular flexibility index (Phi) is 8.43. The van der Waals surface area contributed by atoms with Gasteiger partial charge in [-0.25, -0.2) is 14.8 Å². The van der Waals surface area contributed by atoms with Crippen molar-refractivity contribution in [1.29, 1.82) is 0 Å². The third-order valence-corrected chi connectivity index (χ3v) is 5.01. The van der Waals surface area contributed by atoms with Crippen LogP contribution in [0.3, 0.4) is 0 Å². The van der Waals surface area contributed by atoms with E-state index in [1.54, 1.807) is 34.9 Å². The molecule has 2 atom stereocenters. The molecule has 4 amide bonds. The molecule has 32 heavy (non-hydrogen) atoms. The van der Waals surface area contributed by atoms with Crippen LogP contribution < -0.4 is 10.7 Å². The number of halogens is 1. The minimum absolute atomic E-state index is 0.0447. The van der Waals surface area contributed by atoms with Crippen LogP contribution in [0, 0.1) is 5.92 Å². The first kappa shape index (κ1) is 25.4. The minimum atomic E-state index is -1.06. The molecule has 1 aromatic rings. The van der Waals surface area contributed by atoms with Crippen LogP contribution in [0.1, 0.15) is 46.5 Å². The molecule has 1 aliphatic carbocycles. The number of pyridine rings is 1. The van der Waals surface area contributed by atoms with Crippen molar-refractivity contribution in [3.63, 3.8) is 0 Å². The summed E-state index contributed by atoms with van der Waals surface area (Å²) in [7, 11) is 3.35. The first-order valence-electron chi connectivity index (χ1n) is 10.3. The summed E-state index contributed by atoms with van der Waals surface area (Å²) >= 11 is 5.77. The number of nitrogens with zero attached hydrogens (tertiary/aromatic N) is 3. The van der Waals surface area contributed by atoms with Crippen LogP contribution in [0.25, 0.3) is 0 Å². The van der Waals surface area contributed by atoms with E-state index in [4.69, 9.17) is 16.3 Å². The lowest BCUT2D eigenvalue weighted by Gasteiger charge is -2.37. The topological polar surface area (TPSA) is 121 Å². The van der Waals surface area contributed by atoms with E-state index < -0.39 is 29.6 Å². The number of amides is 4. The average Bonchev–Trinajstić information content (AvgIpc) is 2.71. The Morgan fingerprint density at radius 2 is 1.81 bits per heavy atom. The molecule has 1 unspecified atom stereocenters. The van der Waals surface area contributed by atoms with E-state index in [9.17, 15) is 19.2 Å². The number of anilines is 1. The van der Waals surface area contributed by atoms with Gasteiger partial charge in [-0.3, -0.25) is 19.8 Å². The van der Waals surface area contributed by atoms with Gasteiger partial charge in [0.2, 0.25) is 5.91 Å². The number of carbonyl (C=O) groups excluding carboxylic acids is 4. The van der Waals surface area contributed by atoms with Gasteiger partial charge in [-0.05, 0) is 52.2 Å².